The number of nitrogens with zero attached hydrogens (tertiary/aromatic N) is 4. The predicted molar refractivity (Wildman–Crippen MR) is 113 cm³/mol. The van der Waals surface area contributed by atoms with Crippen LogP contribution in [0.25, 0.3) is 0 Å². The van der Waals surface area contributed by atoms with Crippen molar-refractivity contribution in [2.24, 2.45) is 0 Å². The number of urea groups is 1. The molecule has 1 N–H and O–H groups in total. The van der Waals surface area contributed by atoms with Crippen LogP contribution in [-0.4, -0.2) is 53.6 Å². The first-order valence-corrected chi connectivity index (χ1v) is 10.2. The minimum atomic E-state index is 0.0365. The van der Waals surface area contributed by atoms with Crippen LogP contribution in [0.1, 0.15) is 43.3 Å². The van der Waals surface area contributed by atoms with Crippen LogP contribution < -0.4 is 10.2 Å². The maximum absolute atomic E-state index is 12.4. The summed E-state index contributed by atoms with van der Waals surface area (Å²) in [5.41, 5.74) is 2.30. The van der Waals surface area contributed by atoms with E-state index in [1.807, 2.05) is 24.0 Å². The number of carbonyl (C=O) groups is 1. The standard InChI is InChI=1S/C22H31N5O/c1-17(2)21-24-18(3)16-20(25-21)26-12-14-27(15-13-26)22(28)23-11-7-10-19-8-5-4-6-9-19/h4-6,8-9,16-17H,7,10-15H2,1-3H3,(H,23,28). The van der Waals surface area contributed by atoms with E-state index in [1.54, 1.807) is 0 Å². The molecule has 2 aromatic rings. The van der Waals surface area contributed by atoms with Gasteiger partial charge >= 0.3 is 6.03 Å². The van der Waals surface area contributed by atoms with Gasteiger partial charge in [0.1, 0.15) is 11.6 Å². The fourth-order valence-electron chi connectivity index (χ4n) is 3.38. The number of hydrogen-bond donors (Lipinski definition) is 1. The number of nitrogens with one attached hydrogen (secondary N) is 1. The van der Waals surface area contributed by atoms with E-state index in [-0.39, 0.29) is 6.03 Å². The normalized spacial score (nSPS) is 14.4. The minimum absolute atomic E-state index is 0.0365. The number of piperazine rings is 1. The molecule has 28 heavy (non-hydrogen) atoms. The van der Waals surface area contributed by atoms with E-state index in [1.165, 1.54) is 5.56 Å². The van der Waals surface area contributed by atoms with Crippen LogP contribution in [0.4, 0.5) is 10.6 Å². The molecule has 0 aliphatic carbocycles. The molecule has 1 saturated heterocycles. The molecule has 6 heteroatoms. The van der Waals surface area contributed by atoms with Crippen molar-refractivity contribution in [3.63, 3.8) is 0 Å². The summed E-state index contributed by atoms with van der Waals surface area (Å²) in [6.45, 7) is 9.95. The summed E-state index contributed by atoms with van der Waals surface area (Å²) < 4.78 is 0. The Morgan fingerprint density at radius 3 is 2.50 bits per heavy atom. The first-order chi connectivity index (χ1) is 13.5. The van der Waals surface area contributed by atoms with Crippen molar-refractivity contribution in [1.82, 2.24) is 20.2 Å². The Hall–Kier alpha value is -2.63. The van der Waals surface area contributed by atoms with Gasteiger partial charge in [0.2, 0.25) is 0 Å². The summed E-state index contributed by atoms with van der Waals surface area (Å²) in [6, 6.07) is 12.5. The van der Waals surface area contributed by atoms with Crippen LogP contribution in [0.2, 0.25) is 0 Å². The van der Waals surface area contributed by atoms with Gasteiger partial charge in [-0.15, -0.1) is 0 Å². The lowest BCUT2D eigenvalue weighted by Crippen LogP contribution is -2.52. The van der Waals surface area contributed by atoms with Crippen LogP contribution in [0.3, 0.4) is 0 Å². The Morgan fingerprint density at radius 1 is 1.11 bits per heavy atom. The number of anilines is 1. The molecule has 1 aromatic heterocycles. The highest BCUT2D eigenvalue weighted by Gasteiger charge is 2.22. The molecule has 2 heterocycles. The SMILES string of the molecule is Cc1cc(N2CCN(C(=O)NCCCc3ccccc3)CC2)nc(C(C)C)n1. The number of hydrogen-bond acceptors (Lipinski definition) is 4. The summed E-state index contributed by atoms with van der Waals surface area (Å²) in [4.78, 5) is 25.8. The highest BCUT2D eigenvalue weighted by atomic mass is 16.2. The third-order valence-corrected chi connectivity index (χ3v) is 5.03. The molecule has 0 saturated carbocycles. The predicted octanol–water partition coefficient (Wildman–Crippen LogP) is 3.37. The average molecular weight is 382 g/mol. The first kappa shape index (κ1) is 20.1. The zero-order valence-electron chi connectivity index (χ0n) is 17.2. The van der Waals surface area contributed by atoms with Gasteiger partial charge in [-0.1, -0.05) is 44.2 Å². The van der Waals surface area contributed by atoms with E-state index >= 15 is 0 Å². The van der Waals surface area contributed by atoms with Gasteiger partial charge in [0.15, 0.2) is 0 Å². The summed E-state index contributed by atoms with van der Waals surface area (Å²) >= 11 is 0. The van der Waals surface area contributed by atoms with Crippen molar-refractivity contribution in [2.75, 3.05) is 37.6 Å². The first-order valence-electron chi connectivity index (χ1n) is 10.2. The van der Waals surface area contributed by atoms with Crippen LogP contribution >= 0.6 is 0 Å². The van der Waals surface area contributed by atoms with Gasteiger partial charge in [-0.3, -0.25) is 0 Å². The monoisotopic (exact) mass is 381 g/mol. The van der Waals surface area contributed by atoms with E-state index in [2.05, 4.69) is 53.3 Å². The summed E-state index contributed by atoms with van der Waals surface area (Å²) in [5.74, 6) is 2.16. The lowest BCUT2D eigenvalue weighted by molar-refractivity contribution is 0.194. The molecule has 2 amide bonds. The van der Waals surface area contributed by atoms with Crippen molar-refractivity contribution in [2.45, 2.75) is 39.5 Å². The maximum Gasteiger partial charge on any atom is 0.317 e. The van der Waals surface area contributed by atoms with Crippen molar-refractivity contribution in [3.05, 3.63) is 53.5 Å². The highest BCUT2D eigenvalue weighted by molar-refractivity contribution is 5.74. The second kappa shape index (κ2) is 9.53. The minimum Gasteiger partial charge on any atom is -0.353 e. The summed E-state index contributed by atoms with van der Waals surface area (Å²) in [6.07, 6.45) is 1.94. The molecule has 1 fully saturated rings. The van der Waals surface area contributed by atoms with Gasteiger partial charge in [0.25, 0.3) is 0 Å². The fourth-order valence-corrected chi connectivity index (χ4v) is 3.38. The molecule has 0 radical (unpaired) electrons. The van der Waals surface area contributed by atoms with Gasteiger partial charge in [-0.25, -0.2) is 14.8 Å². The molecule has 3 rings (SSSR count). The molecular weight excluding hydrogens is 350 g/mol. The van der Waals surface area contributed by atoms with E-state index < -0.39 is 0 Å². The lowest BCUT2D eigenvalue weighted by atomic mass is 10.1. The van der Waals surface area contributed by atoms with Gasteiger partial charge in [0.05, 0.1) is 0 Å². The van der Waals surface area contributed by atoms with Gasteiger partial charge in [-0.05, 0) is 25.3 Å². The van der Waals surface area contributed by atoms with E-state index in [0.717, 1.165) is 43.3 Å². The van der Waals surface area contributed by atoms with Crippen molar-refractivity contribution in [1.29, 1.82) is 0 Å². The Bertz CT molecular complexity index is 770. The van der Waals surface area contributed by atoms with Gasteiger partial charge < -0.3 is 15.1 Å². The van der Waals surface area contributed by atoms with Crippen LogP contribution in [0, 0.1) is 6.92 Å². The second-order valence-corrected chi connectivity index (χ2v) is 7.68. The van der Waals surface area contributed by atoms with Crippen LogP contribution in [0.15, 0.2) is 36.4 Å². The van der Waals surface area contributed by atoms with E-state index in [4.69, 9.17) is 4.98 Å². The summed E-state index contributed by atoms with van der Waals surface area (Å²) in [7, 11) is 0. The number of rotatable bonds is 6. The molecule has 1 aliphatic heterocycles. The van der Waals surface area contributed by atoms with Gasteiger partial charge in [-0.2, -0.15) is 0 Å². The molecule has 0 spiro atoms. The van der Waals surface area contributed by atoms with Crippen LogP contribution in [-0.2, 0) is 6.42 Å². The fraction of sp³-hybridized carbons (Fsp3) is 0.500. The Morgan fingerprint density at radius 2 is 1.82 bits per heavy atom. The van der Waals surface area contributed by atoms with Crippen LogP contribution in [0.5, 0.6) is 0 Å². The second-order valence-electron chi connectivity index (χ2n) is 7.68. The van der Waals surface area contributed by atoms with Crippen molar-refractivity contribution in [3.8, 4) is 0 Å². The van der Waals surface area contributed by atoms with E-state index in [0.29, 0.717) is 25.6 Å². The maximum atomic E-state index is 12.4. The number of benzene rings is 1. The molecule has 150 valence electrons. The summed E-state index contributed by atoms with van der Waals surface area (Å²) in [5, 5.41) is 3.05. The number of amides is 2. The largest absolute Gasteiger partial charge is 0.353 e. The molecule has 0 atom stereocenters. The highest BCUT2D eigenvalue weighted by Crippen LogP contribution is 2.18. The average Bonchev–Trinajstić information content (AvgIpc) is 2.71. The number of aromatic nitrogens is 2. The Kier molecular flexibility index (Phi) is 6.85. The zero-order valence-corrected chi connectivity index (χ0v) is 17.2. The lowest BCUT2D eigenvalue weighted by Gasteiger charge is -2.35. The molecule has 1 aliphatic rings. The number of aryl methyl sites for hydroxylation is 2. The third-order valence-electron chi connectivity index (χ3n) is 5.03. The smallest absolute Gasteiger partial charge is 0.317 e. The topological polar surface area (TPSA) is 61.4 Å². The molecular formula is C22H31N5O. The zero-order chi connectivity index (χ0) is 19.9. The Labute approximate surface area is 168 Å². The van der Waals surface area contributed by atoms with Gasteiger partial charge in [0, 0.05) is 50.4 Å². The van der Waals surface area contributed by atoms with E-state index in [9.17, 15) is 4.79 Å². The molecule has 0 unspecified atom stereocenters. The third kappa shape index (κ3) is 5.44. The molecule has 1 aromatic carbocycles. The molecule has 6 nitrogen and oxygen atoms in total. The van der Waals surface area contributed by atoms with Crippen molar-refractivity contribution >= 4 is 11.8 Å². The number of carbonyl (C=O) groups excluding carboxylic acids is 1. The quantitative estimate of drug-likeness (QED) is 0.780. The van der Waals surface area contributed by atoms with Crippen molar-refractivity contribution < 1.29 is 4.79 Å². The molecule has 0 bridgehead atoms. The Balaban J connectivity index is 1.44.